The van der Waals surface area contributed by atoms with E-state index in [0.717, 1.165) is 123 Å². The molecule has 22 rings (SSSR count). The number of para-hydroxylation sites is 10. The van der Waals surface area contributed by atoms with Crippen molar-refractivity contribution in [2.24, 2.45) is 0 Å². The fourth-order valence-corrected chi connectivity index (χ4v) is 19.3. The average Bonchev–Trinajstić information content (AvgIpc) is 0.919. The lowest BCUT2D eigenvalue weighted by molar-refractivity contribution is 0.434. The normalized spacial score (nSPS) is 15.8. The summed E-state index contributed by atoms with van der Waals surface area (Å²) < 4.78 is 164. The van der Waals surface area contributed by atoms with Crippen LogP contribution in [0.1, 0.15) is 150 Å². The molecule has 0 radical (unpaired) electrons. The summed E-state index contributed by atoms with van der Waals surface area (Å²) in [5.74, 6) is 1.39. The van der Waals surface area contributed by atoms with Crippen LogP contribution in [0.15, 0.2) is 351 Å². The zero-order valence-corrected chi connectivity index (χ0v) is 69.0. The highest BCUT2D eigenvalue weighted by Gasteiger charge is 2.52. The fourth-order valence-electron chi connectivity index (χ4n) is 19.3. The Bertz CT molecular complexity index is 7700. The lowest BCUT2D eigenvalue weighted by Crippen LogP contribution is -2.61. The molecular weight excluding hydrogens is 1450 g/mol. The van der Waals surface area contributed by atoms with E-state index in [1.165, 1.54) is 0 Å². The molecular formula is C113H94BN5O. The van der Waals surface area contributed by atoms with Gasteiger partial charge in [-0.1, -0.05) is 319 Å². The number of rotatable bonds is 8. The first-order chi connectivity index (χ1) is 64.7. The van der Waals surface area contributed by atoms with Gasteiger partial charge in [-0.2, -0.15) is 0 Å². The Kier molecular flexibility index (Phi) is 12.8. The van der Waals surface area contributed by atoms with E-state index in [1.807, 2.05) is 78.9 Å². The van der Waals surface area contributed by atoms with Gasteiger partial charge in [-0.05, 0) is 209 Å². The van der Waals surface area contributed by atoms with Crippen LogP contribution in [0.4, 0.5) is 51.2 Å². The summed E-state index contributed by atoms with van der Waals surface area (Å²) >= 11 is 0. The van der Waals surface area contributed by atoms with Gasteiger partial charge in [0.15, 0.2) is 0 Å². The summed E-state index contributed by atoms with van der Waals surface area (Å²) in [4.78, 5) is 6.98. The molecule has 0 unspecified atom stereocenters. The zero-order valence-electron chi connectivity index (χ0n) is 85.0. The summed E-state index contributed by atoms with van der Waals surface area (Å²) in [5.41, 5.74) is 20.3. The van der Waals surface area contributed by atoms with Gasteiger partial charge in [0.25, 0.3) is 6.71 Å². The average molecular weight is 1560 g/mol. The molecule has 7 heteroatoms. The van der Waals surface area contributed by atoms with Crippen molar-refractivity contribution in [3.8, 4) is 56.3 Å². The quantitative estimate of drug-likeness (QED) is 0.142. The molecule has 0 N–H and O–H groups in total. The Hall–Kier alpha value is -13.6. The molecule has 6 nitrogen and oxygen atoms in total. The van der Waals surface area contributed by atoms with Crippen LogP contribution in [0.2, 0.25) is 0 Å². The van der Waals surface area contributed by atoms with Gasteiger partial charge in [0.05, 0.1) is 72.2 Å². The molecule has 2 aromatic heterocycles. The van der Waals surface area contributed by atoms with Crippen molar-refractivity contribution in [3.05, 3.63) is 396 Å². The van der Waals surface area contributed by atoms with Gasteiger partial charge in [-0.3, -0.25) is 0 Å². The van der Waals surface area contributed by atoms with Gasteiger partial charge in [0.1, 0.15) is 11.5 Å². The third-order valence-electron chi connectivity index (χ3n) is 25.2. The topological polar surface area (TPSA) is 28.8 Å². The maximum Gasteiger partial charge on any atom is 0.252 e. The van der Waals surface area contributed by atoms with Crippen LogP contribution in [0, 0.1) is 0 Å². The lowest BCUT2D eigenvalue weighted by atomic mass is 9.33. The van der Waals surface area contributed by atoms with E-state index in [2.05, 4.69) is 274 Å². The molecule has 4 aliphatic heterocycles. The molecule has 0 atom stereocenters. The molecule has 4 aliphatic rings. The summed E-state index contributed by atoms with van der Waals surface area (Å²) in [5, 5.41) is -0.324. The van der Waals surface area contributed by atoms with Gasteiger partial charge >= 0.3 is 0 Å². The Morgan fingerprint density at radius 3 is 1.08 bits per heavy atom. The third kappa shape index (κ3) is 11.1. The first kappa shape index (κ1) is 57.5. The molecule has 0 bridgehead atoms. The number of ether oxygens (including phenoxy) is 1. The van der Waals surface area contributed by atoms with Crippen molar-refractivity contribution in [2.75, 3.05) is 14.7 Å². The van der Waals surface area contributed by atoms with Gasteiger partial charge in [-0.25, -0.2) is 0 Å². The standard InChI is InChI=1S/C113H94BN5O/c1-109(2,3)75-60-73(61-76(67-75)110(4,5)6)82-36-16-25-45-94(82)118-102-69-80(116-96-47-27-18-38-84(96)85-39-19-28-48-97(85)116)55-57-92(102)114-93-58-56-81(117-98-49-29-20-40-86(98)87-41-21-30-50-99(87)117)70-103(93)119(95-46-26-17-37-83(95)74-62-77(111(7,8)9)68-78(63-74)112(10,11)12)105-66-72(65-104(118)108(105)114)71-54-59-101-91(64-71)113(88-42-22-31-51-100(88)115(101)79-34-14-13-15-35-79)89-43-23-32-52-106(89)120-107-53-33-24-44-90(107)113/h13-70H,1-12H3/i18D,19D,20D,21D,27D,28D,29D,30D,38D,39D,40D,41D,47D,48D,49D,50D. The maximum atomic E-state index is 10.0. The van der Waals surface area contributed by atoms with Crippen molar-refractivity contribution < 1.29 is 26.7 Å². The van der Waals surface area contributed by atoms with Crippen LogP contribution in [-0.4, -0.2) is 15.8 Å². The predicted octanol–water partition coefficient (Wildman–Crippen LogP) is 28.4. The lowest BCUT2D eigenvalue weighted by Gasteiger charge is -2.48. The van der Waals surface area contributed by atoms with Crippen LogP contribution < -0.4 is 35.8 Å². The highest BCUT2D eigenvalue weighted by Crippen LogP contribution is 2.64. The second-order valence-electron chi connectivity index (χ2n) is 36.5. The molecule has 16 aromatic carbocycles. The summed E-state index contributed by atoms with van der Waals surface area (Å²) in [7, 11) is 0. The molecule has 0 saturated carbocycles. The van der Waals surface area contributed by atoms with E-state index in [4.69, 9.17) is 4.74 Å². The predicted molar refractivity (Wildman–Crippen MR) is 507 cm³/mol. The molecule has 6 heterocycles. The van der Waals surface area contributed by atoms with Crippen LogP contribution in [0.25, 0.3) is 88.4 Å². The Morgan fingerprint density at radius 1 is 0.275 bits per heavy atom. The van der Waals surface area contributed by atoms with Crippen LogP contribution in [-0.2, 0) is 27.1 Å². The second-order valence-corrected chi connectivity index (χ2v) is 36.5. The zero-order chi connectivity index (χ0) is 95.5. The highest BCUT2D eigenvalue weighted by atomic mass is 16.5. The second kappa shape index (κ2) is 26.7. The molecule has 0 fully saturated rings. The van der Waals surface area contributed by atoms with Crippen LogP contribution in [0.3, 0.4) is 0 Å². The summed E-state index contributed by atoms with van der Waals surface area (Å²) in [6, 6.07) is 81.0. The Labute approximate surface area is 727 Å². The number of aromatic nitrogens is 2. The number of hydrogen-bond acceptors (Lipinski definition) is 4. The minimum absolute atomic E-state index is 0.0601. The maximum absolute atomic E-state index is 10.0. The fraction of sp³-hybridized carbons (Fsp3) is 0.150. The number of hydrogen-bond donors (Lipinski definition) is 0. The van der Waals surface area contributed by atoms with Crippen molar-refractivity contribution in [3.63, 3.8) is 0 Å². The van der Waals surface area contributed by atoms with Crippen molar-refractivity contribution in [1.29, 1.82) is 0 Å². The van der Waals surface area contributed by atoms with Crippen molar-refractivity contribution >= 4 is 118 Å². The minimum atomic E-state index is -1.07. The van der Waals surface area contributed by atoms with Gasteiger partial charge in [0, 0.05) is 83.6 Å². The molecule has 0 saturated heterocycles. The smallest absolute Gasteiger partial charge is 0.252 e. The van der Waals surface area contributed by atoms with Crippen molar-refractivity contribution in [2.45, 2.75) is 110 Å². The van der Waals surface area contributed by atoms with Crippen molar-refractivity contribution in [1.82, 2.24) is 9.13 Å². The first-order valence-electron chi connectivity index (χ1n) is 49.3. The Balaban J connectivity index is 0.943. The summed E-state index contributed by atoms with van der Waals surface area (Å²) in [6.07, 6.45) is 0. The first-order valence-corrected chi connectivity index (χ1v) is 41.3. The molecule has 120 heavy (non-hydrogen) atoms. The monoisotopic (exact) mass is 1560 g/mol. The van der Waals surface area contributed by atoms with Crippen LogP contribution in [0.5, 0.6) is 11.5 Å². The van der Waals surface area contributed by atoms with E-state index in [9.17, 15) is 21.9 Å². The molecule has 0 aliphatic carbocycles. The van der Waals surface area contributed by atoms with E-state index >= 15 is 0 Å². The van der Waals surface area contributed by atoms with E-state index in [0.29, 0.717) is 45.6 Å². The third-order valence-corrected chi connectivity index (χ3v) is 25.2. The number of anilines is 9. The number of nitrogens with zero attached hydrogens (tertiary/aromatic N) is 5. The SMILES string of the molecule is [2H]c1c([2H])c([2H])c2c(c1[2H])c1c([2H])c([2H])c([2H])c([2H])c1n2-c1ccc2c(c1)N(c1ccccc1-c1cc(C(C)(C)C)cc(C(C)(C)C)c1)c1cc(-c3ccc4c(c3)C3(c5ccccc5Oc5ccccc53)c3ccccc3N4c3ccccc3)cc3c1B2c1ccc(-n2c4c([2H])c([2H])c([2H])c([2H])c4c4c([2H])c([2H])c([2H])c([2H])c42)cc1N3c1ccccc1-c1cc(C(C)(C)C)cc(C(C)(C)C)c1. The molecule has 1 spiro atoms. The summed E-state index contributed by atoms with van der Waals surface area (Å²) in [6.45, 7) is 25.9. The van der Waals surface area contributed by atoms with Crippen LogP contribution >= 0.6 is 0 Å². The van der Waals surface area contributed by atoms with E-state index in [1.54, 1.807) is 9.13 Å². The molecule has 0 amide bonds. The Morgan fingerprint density at radius 2 is 0.650 bits per heavy atom. The van der Waals surface area contributed by atoms with Gasteiger partial charge in [0.2, 0.25) is 0 Å². The van der Waals surface area contributed by atoms with Gasteiger partial charge < -0.3 is 28.6 Å². The minimum Gasteiger partial charge on any atom is -0.457 e. The number of fused-ring (bicyclic) bond motifs is 18. The van der Waals surface area contributed by atoms with E-state index in [-0.39, 0.29) is 65.3 Å². The number of benzene rings is 16. The highest BCUT2D eigenvalue weighted by molar-refractivity contribution is 7.00. The molecule has 580 valence electrons. The largest absolute Gasteiger partial charge is 0.457 e. The van der Waals surface area contributed by atoms with E-state index < -0.39 is 109 Å². The molecule has 18 aromatic rings. The van der Waals surface area contributed by atoms with Gasteiger partial charge in [-0.15, -0.1) is 0 Å².